The van der Waals surface area contributed by atoms with Crippen LogP contribution in [0.15, 0.2) is 42.5 Å². The average Bonchev–Trinajstić information content (AvgIpc) is 2.78. The molecule has 0 spiro atoms. The van der Waals surface area contributed by atoms with Crippen molar-refractivity contribution in [1.29, 1.82) is 0 Å². The first-order valence-electron chi connectivity index (χ1n) is 11.5. The molecule has 0 saturated heterocycles. The van der Waals surface area contributed by atoms with E-state index in [1.807, 2.05) is 26.0 Å². The number of benzene rings is 2. The lowest BCUT2D eigenvalue weighted by molar-refractivity contribution is -0.140. The topological polar surface area (TPSA) is 86.8 Å². The average molecular weight is 543 g/mol. The number of likely N-dealkylation sites (N-methyl/N-ethyl adjacent to an activating group) is 1. The van der Waals surface area contributed by atoms with Gasteiger partial charge in [-0.1, -0.05) is 68.2 Å². The smallest absolute Gasteiger partial charge is 0.244 e. The molecule has 0 aliphatic rings. The summed E-state index contributed by atoms with van der Waals surface area (Å²) in [6, 6.07) is 11.2. The number of carbonyl (C=O) groups excluding carboxylic acids is 2. The number of rotatable bonds is 11. The summed E-state index contributed by atoms with van der Waals surface area (Å²) in [7, 11) is -3.82. The van der Waals surface area contributed by atoms with Gasteiger partial charge in [0.1, 0.15) is 12.6 Å². The predicted molar refractivity (Wildman–Crippen MR) is 142 cm³/mol. The molecule has 192 valence electrons. The molecular formula is C25H33Cl2N3O4S. The Hall–Kier alpha value is -2.29. The van der Waals surface area contributed by atoms with Gasteiger partial charge in [-0.2, -0.15) is 0 Å². The Labute approximate surface area is 218 Å². The highest BCUT2D eigenvalue weighted by molar-refractivity contribution is 7.92. The van der Waals surface area contributed by atoms with Gasteiger partial charge in [-0.15, -0.1) is 0 Å². The Bertz CT molecular complexity index is 1130. The number of para-hydroxylation sites is 1. The second-order valence-electron chi connectivity index (χ2n) is 8.52. The maximum atomic E-state index is 13.7. The maximum Gasteiger partial charge on any atom is 0.244 e. The lowest BCUT2D eigenvalue weighted by Gasteiger charge is -2.33. The Kier molecular flexibility index (Phi) is 10.4. The van der Waals surface area contributed by atoms with E-state index < -0.39 is 28.5 Å². The molecule has 0 aliphatic heterocycles. The van der Waals surface area contributed by atoms with Gasteiger partial charge in [-0.05, 0) is 43.0 Å². The summed E-state index contributed by atoms with van der Waals surface area (Å²) in [6.45, 7) is 7.36. The molecule has 10 heteroatoms. The SMILES string of the molecule is CCNC(=O)[C@@H](CC)N(Cc1c(Cl)cccc1Cl)C(=O)CN(c1ccccc1C(C)C)S(C)(=O)=O. The molecule has 0 unspecified atom stereocenters. The van der Waals surface area contributed by atoms with Crippen LogP contribution < -0.4 is 9.62 Å². The molecule has 1 N–H and O–H groups in total. The number of amides is 2. The van der Waals surface area contributed by atoms with Crippen LogP contribution in [0.25, 0.3) is 0 Å². The highest BCUT2D eigenvalue weighted by Gasteiger charge is 2.33. The molecule has 0 heterocycles. The van der Waals surface area contributed by atoms with Crippen LogP contribution in [0.4, 0.5) is 5.69 Å². The lowest BCUT2D eigenvalue weighted by atomic mass is 10.0. The van der Waals surface area contributed by atoms with Crippen molar-refractivity contribution in [3.05, 3.63) is 63.6 Å². The molecule has 0 aliphatic carbocycles. The number of carbonyl (C=O) groups is 2. The Morgan fingerprint density at radius 2 is 1.60 bits per heavy atom. The van der Waals surface area contributed by atoms with E-state index in [0.29, 0.717) is 34.3 Å². The van der Waals surface area contributed by atoms with Crippen LogP contribution in [0, 0.1) is 0 Å². The molecule has 0 radical (unpaired) electrons. The number of nitrogens with zero attached hydrogens (tertiary/aromatic N) is 2. The third-order valence-corrected chi connectivity index (χ3v) is 7.47. The molecule has 1 atom stereocenters. The molecule has 2 amide bonds. The van der Waals surface area contributed by atoms with Gasteiger partial charge >= 0.3 is 0 Å². The van der Waals surface area contributed by atoms with Crippen LogP contribution in [0.1, 0.15) is 51.2 Å². The quantitative estimate of drug-likeness (QED) is 0.441. The van der Waals surface area contributed by atoms with E-state index in [1.165, 1.54) is 4.90 Å². The summed E-state index contributed by atoms with van der Waals surface area (Å²) in [6.07, 6.45) is 1.38. The van der Waals surface area contributed by atoms with Crippen LogP contribution in [0.2, 0.25) is 10.0 Å². The summed E-state index contributed by atoms with van der Waals surface area (Å²) in [5.74, 6) is -0.842. The molecule has 0 saturated carbocycles. The molecular weight excluding hydrogens is 509 g/mol. The zero-order valence-electron chi connectivity index (χ0n) is 20.7. The monoisotopic (exact) mass is 541 g/mol. The first-order chi connectivity index (χ1) is 16.4. The minimum atomic E-state index is -3.82. The summed E-state index contributed by atoms with van der Waals surface area (Å²) >= 11 is 12.7. The fourth-order valence-electron chi connectivity index (χ4n) is 3.86. The molecule has 2 aromatic rings. The van der Waals surface area contributed by atoms with Crippen molar-refractivity contribution in [3.8, 4) is 0 Å². The van der Waals surface area contributed by atoms with Crippen molar-refractivity contribution in [2.45, 2.75) is 52.6 Å². The number of anilines is 1. The number of nitrogens with one attached hydrogen (secondary N) is 1. The van der Waals surface area contributed by atoms with Crippen LogP contribution >= 0.6 is 23.2 Å². The molecule has 0 fully saturated rings. The maximum absolute atomic E-state index is 13.7. The number of halogens is 2. The van der Waals surface area contributed by atoms with Crippen molar-refractivity contribution in [2.75, 3.05) is 23.7 Å². The van der Waals surface area contributed by atoms with Crippen molar-refractivity contribution >= 4 is 50.7 Å². The van der Waals surface area contributed by atoms with E-state index in [4.69, 9.17) is 23.2 Å². The Morgan fingerprint density at radius 1 is 1.00 bits per heavy atom. The van der Waals surface area contributed by atoms with Gasteiger partial charge in [0.15, 0.2) is 0 Å². The van der Waals surface area contributed by atoms with Crippen molar-refractivity contribution in [1.82, 2.24) is 10.2 Å². The second kappa shape index (κ2) is 12.6. The van der Waals surface area contributed by atoms with E-state index in [9.17, 15) is 18.0 Å². The fraction of sp³-hybridized carbons (Fsp3) is 0.440. The first kappa shape index (κ1) is 28.9. The van der Waals surface area contributed by atoms with E-state index in [1.54, 1.807) is 44.2 Å². The zero-order chi connectivity index (χ0) is 26.3. The van der Waals surface area contributed by atoms with Gasteiger partial charge in [0.2, 0.25) is 21.8 Å². The van der Waals surface area contributed by atoms with Crippen LogP contribution in [-0.4, -0.2) is 50.5 Å². The van der Waals surface area contributed by atoms with E-state index in [-0.39, 0.29) is 18.4 Å². The third kappa shape index (κ3) is 7.35. The van der Waals surface area contributed by atoms with Gasteiger partial charge in [-0.3, -0.25) is 13.9 Å². The fourth-order valence-corrected chi connectivity index (χ4v) is 5.25. The molecule has 2 rings (SSSR count). The summed E-state index contributed by atoms with van der Waals surface area (Å²) in [5.41, 5.74) is 1.71. The van der Waals surface area contributed by atoms with Crippen molar-refractivity contribution in [3.63, 3.8) is 0 Å². The summed E-state index contributed by atoms with van der Waals surface area (Å²) in [5, 5.41) is 3.46. The van der Waals surface area contributed by atoms with Crippen LogP contribution in [0.3, 0.4) is 0 Å². The van der Waals surface area contributed by atoms with E-state index in [2.05, 4.69) is 5.32 Å². The van der Waals surface area contributed by atoms with Crippen LogP contribution in [0.5, 0.6) is 0 Å². The standard InChI is InChI=1S/C25H33Cl2N3O4S/c1-6-22(25(32)28-7-2)29(15-19-20(26)12-10-13-21(19)27)24(31)16-30(35(5,33)34)23-14-9-8-11-18(23)17(3)4/h8-14,17,22H,6-7,15-16H2,1-5H3,(H,28,32)/t22-/m1/s1. The third-order valence-electron chi connectivity index (χ3n) is 5.63. The first-order valence-corrected chi connectivity index (χ1v) is 14.1. The highest BCUT2D eigenvalue weighted by atomic mass is 35.5. The molecule has 35 heavy (non-hydrogen) atoms. The minimum absolute atomic E-state index is 0.0299. The van der Waals surface area contributed by atoms with Gasteiger partial charge in [-0.25, -0.2) is 8.42 Å². The van der Waals surface area contributed by atoms with E-state index >= 15 is 0 Å². The van der Waals surface area contributed by atoms with Crippen molar-refractivity contribution in [2.24, 2.45) is 0 Å². The number of hydrogen-bond acceptors (Lipinski definition) is 4. The van der Waals surface area contributed by atoms with Gasteiger partial charge in [0.25, 0.3) is 0 Å². The lowest BCUT2D eigenvalue weighted by Crippen LogP contribution is -2.52. The largest absolute Gasteiger partial charge is 0.355 e. The molecule has 0 bridgehead atoms. The molecule has 7 nitrogen and oxygen atoms in total. The van der Waals surface area contributed by atoms with Gasteiger partial charge in [0, 0.05) is 28.7 Å². The van der Waals surface area contributed by atoms with Gasteiger partial charge in [0.05, 0.1) is 11.9 Å². The van der Waals surface area contributed by atoms with Crippen molar-refractivity contribution < 1.29 is 18.0 Å². The van der Waals surface area contributed by atoms with Crippen LogP contribution in [-0.2, 0) is 26.2 Å². The number of hydrogen-bond donors (Lipinski definition) is 1. The predicted octanol–water partition coefficient (Wildman–Crippen LogP) is 4.83. The molecule has 0 aromatic heterocycles. The number of sulfonamides is 1. The summed E-state index contributed by atoms with van der Waals surface area (Å²) in [4.78, 5) is 28.0. The van der Waals surface area contributed by atoms with E-state index in [0.717, 1.165) is 16.1 Å². The Morgan fingerprint density at radius 3 is 2.11 bits per heavy atom. The highest BCUT2D eigenvalue weighted by Crippen LogP contribution is 2.30. The Balaban J connectivity index is 2.56. The summed E-state index contributed by atoms with van der Waals surface area (Å²) < 4.78 is 26.8. The minimum Gasteiger partial charge on any atom is -0.355 e. The zero-order valence-corrected chi connectivity index (χ0v) is 23.0. The molecule has 2 aromatic carbocycles. The normalized spacial score (nSPS) is 12.3. The van der Waals surface area contributed by atoms with Gasteiger partial charge < -0.3 is 10.2 Å². The second-order valence-corrected chi connectivity index (χ2v) is 11.2.